The van der Waals surface area contributed by atoms with Crippen molar-refractivity contribution in [3.05, 3.63) is 95.2 Å². The van der Waals surface area contributed by atoms with Crippen LogP contribution in [0.5, 0.6) is 0 Å². The van der Waals surface area contributed by atoms with Crippen LogP contribution >= 0.6 is 11.8 Å². The second-order valence-corrected chi connectivity index (χ2v) is 9.37. The molecule has 0 bridgehead atoms. The first-order chi connectivity index (χ1) is 16.2. The minimum absolute atomic E-state index is 0.277. The summed E-state index contributed by atoms with van der Waals surface area (Å²) in [6, 6.07) is 20.8. The average Bonchev–Trinajstić information content (AvgIpc) is 3.02. The lowest BCUT2D eigenvalue weighted by molar-refractivity contribution is 0.0697. The molecule has 2 aromatic carbocycles. The molecule has 1 N–H and O–H groups in total. The Morgan fingerprint density at radius 3 is 2.55 bits per heavy atom. The van der Waals surface area contributed by atoms with Gasteiger partial charge in [-0.25, -0.2) is 9.78 Å². The van der Waals surface area contributed by atoms with Gasteiger partial charge in [-0.2, -0.15) is 0 Å². The van der Waals surface area contributed by atoms with E-state index < -0.39 is 5.97 Å². The number of carboxylic acid groups (broad SMARTS) is 1. The number of hydrogen-bond acceptors (Lipinski definition) is 5. The number of benzene rings is 2. The van der Waals surface area contributed by atoms with E-state index in [1.165, 1.54) is 27.2 Å². The Morgan fingerprint density at radius 1 is 0.970 bits per heavy atom. The van der Waals surface area contributed by atoms with Crippen LogP contribution in [0.2, 0.25) is 0 Å². The molecule has 0 spiro atoms. The highest BCUT2D eigenvalue weighted by Gasteiger charge is 2.22. The molecule has 5 rings (SSSR count). The van der Waals surface area contributed by atoms with Crippen LogP contribution in [0.1, 0.15) is 33.5 Å². The van der Waals surface area contributed by atoms with Gasteiger partial charge in [0.25, 0.3) is 0 Å². The lowest BCUT2D eigenvalue weighted by Gasteiger charge is -2.35. The van der Waals surface area contributed by atoms with Crippen LogP contribution in [-0.4, -0.2) is 53.7 Å². The zero-order chi connectivity index (χ0) is 22.6. The van der Waals surface area contributed by atoms with Crippen molar-refractivity contribution in [3.63, 3.8) is 0 Å². The number of anilines is 1. The van der Waals surface area contributed by atoms with Gasteiger partial charge < -0.3 is 10.0 Å². The van der Waals surface area contributed by atoms with Crippen LogP contribution in [0, 0.1) is 0 Å². The normalized spacial score (nSPS) is 17.3. The van der Waals surface area contributed by atoms with E-state index in [2.05, 4.69) is 69.4 Å². The lowest BCUT2D eigenvalue weighted by atomic mass is 9.93. The van der Waals surface area contributed by atoms with Crippen molar-refractivity contribution in [3.8, 4) is 0 Å². The first kappa shape index (κ1) is 21.7. The highest BCUT2D eigenvalue weighted by Crippen LogP contribution is 2.40. The van der Waals surface area contributed by atoms with Gasteiger partial charge in [0.15, 0.2) is 0 Å². The number of carboxylic acids is 1. The number of thioether (sulfide) groups is 1. The van der Waals surface area contributed by atoms with Crippen molar-refractivity contribution in [2.24, 2.45) is 0 Å². The summed E-state index contributed by atoms with van der Waals surface area (Å²) in [5.74, 6) is 0.656. The van der Waals surface area contributed by atoms with Gasteiger partial charge in [0.2, 0.25) is 0 Å². The zero-order valence-electron chi connectivity index (χ0n) is 18.5. The monoisotopic (exact) mass is 457 g/mol. The Balaban J connectivity index is 1.27. The smallest absolute Gasteiger partial charge is 0.339 e. The fourth-order valence-corrected chi connectivity index (χ4v) is 5.71. The summed E-state index contributed by atoms with van der Waals surface area (Å²) < 4.78 is 0. The number of nitrogens with zero attached hydrogens (tertiary/aromatic N) is 3. The molecule has 3 aromatic rings. The number of aromatic nitrogens is 1. The number of carbonyl (C=O) groups is 1. The molecule has 0 atom stereocenters. The molecule has 1 fully saturated rings. The molecule has 5 nitrogen and oxygen atoms in total. The summed E-state index contributed by atoms with van der Waals surface area (Å²) in [6.45, 7) is 4.37. The summed E-state index contributed by atoms with van der Waals surface area (Å²) in [7, 11) is 0. The second kappa shape index (κ2) is 9.81. The van der Waals surface area contributed by atoms with Gasteiger partial charge in [-0.1, -0.05) is 48.5 Å². The fourth-order valence-electron chi connectivity index (χ4n) is 4.64. The number of hydrogen-bond donors (Lipinski definition) is 1. The van der Waals surface area contributed by atoms with E-state index >= 15 is 0 Å². The maximum Gasteiger partial charge on any atom is 0.339 e. The predicted octanol–water partition coefficient (Wildman–Crippen LogP) is 5.03. The molecule has 2 aliphatic heterocycles. The van der Waals surface area contributed by atoms with E-state index in [0.717, 1.165) is 44.9 Å². The first-order valence-electron chi connectivity index (χ1n) is 11.4. The molecule has 1 aromatic heterocycles. The summed E-state index contributed by atoms with van der Waals surface area (Å²) in [4.78, 5) is 21.8. The molecule has 0 unspecified atom stereocenters. The molecule has 0 saturated carbocycles. The highest BCUT2D eigenvalue weighted by atomic mass is 32.2. The number of fused-ring (bicyclic) bond motifs is 2. The van der Waals surface area contributed by atoms with E-state index in [9.17, 15) is 9.90 Å². The van der Waals surface area contributed by atoms with Crippen molar-refractivity contribution in [1.29, 1.82) is 0 Å². The third-order valence-electron chi connectivity index (χ3n) is 6.35. The minimum atomic E-state index is -0.922. The molecule has 1 saturated heterocycles. The van der Waals surface area contributed by atoms with Crippen molar-refractivity contribution >= 4 is 29.1 Å². The molecule has 2 aliphatic rings. The quantitative estimate of drug-likeness (QED) is 0.580. The summed E-state index contributed by atoms with van der Waals surface area (Å²) in [5.41, 5.74) is 5.68. The zero-order valence-corrected chi connectivity index (χ0v) is 19.3. The topological polar surface area (TPSA) is 56.7 Å². The van der Waals surface area contributed by atoms with E-state index in [-0.39, 0.29) is 5.56 Å². The van der Waals surface area contributed by atoms with Gasteiger partial charge >= 0.3 is 5.97 Å². The van der Waals surface area contributed by atoms with Crippen LogP contribution in [0.4, 0.5) is 5.82 Å². The number of rotatable bonds is 5. The fraction of sp³-hybridized carbons (Fsp3) is 0.259. The standard InChI is InChI=1S/C27H27N3O2S/c31-27(32)24-10-5-13-28-26(24)30-17-15-29(16-18-30)14-6-11-22-21-8-2-1-7-20(21)19-33-25-12-4-3-9-23(22)25/h1-5,7-13H,6,14-19H2,(H,31,32)/b22-11-. The third-order valence-corrected chi connectivity index (χ3v) is 7.47. The van der Waals surface area contributed by atoms with Crippen LogP contribution in [-0.2, 0) is 5.75 Å². The van der Waals surface area contributed by atoms with E-state index in [4.69, 9.17) is 0 Å². The van der Waals surface area contributed by atoms with Crippen molar-refractivity contribution in [1.82, 2.24) is 9.88 Å². The molecular weight excluding hydrogens is 430 g/mol. The first-order valence-corrected chi connectivity index (χ1v) is 12.4. The summed E-state index contributed by atoms with van der Waals surface area (Å²) in [5, 5.41) is 9.46. The summed E-state index contributed by atoms with van der Waals surface area (Å²) in [6.07, 6.45) is 5.05. The van der Waals surface area contributed by atoms with E-state index in [0.29, 0.717) is 5.82 Å². The maximum absolute atomic E-state index is 11.5. The van der Waals surface area contributed by atoms with Crippen LogP contribution in [0.15, 0.2) is 77.8 Å². The Labute approximate surface area is 198 Å². The van der Waals surface area contributed by atoms with Gasteiger partial charge in [0.05, 0.1) is 0 Å². The van der Waals surface area contributed by atoms with Crippen LogP contribution in [0.25, 0.3) is 5.57 Å². The molecule has 0 aliphatic carbocycles. The molecule has 0 radical (unpaired) electrons. The Morgan fingerprint density at radius 2 is 1.73 bits per heavy atom. The van der Waals surface area contributed by atoms with Gasteiger partial charge in [0.1, 0.15) is 11.4 Å². The van der Waals surface area contributed by atoms with Crippen molar-refractivity contribution in [2.45, 2.75) is 17.1 Å². The second-order valence-electron chi connectivity index (χ2n) is 8.36. The Bertz CT molecular complexity index is 1140. The lowest BCUT2D eigenvalue weighted by Crippen LogP contribution is -2.47. The largest absolute Gasteiger partial charge is 0.478 e. The molecule has 168 valence electrons. The molecule has 33 heavy (non-hydrogen) atoms. The highest BCUT2D eigenvalue weighted by molar-refractivity contribution is 7.98. The molecule has 6 heteroatoms. The number of piperazine rings is 1. The van der Waals surface area contributed by atoms with Gasteiger partial charge in [-0.05, 0) is 46.9 Å². The molecule has 3 heterocycles. The van der Waals surface area contributed by atoms with Crippen LogP contribution in [0.3, 0.4) is 0 Å². The summed E-state index contributed by atoms with van der Waals surface area (Å²) >= 11 is 1.91. The van der Waals surface area contributed by atoms with Gasteiger partial charge in [0, 0.05) is 49.6 Å². The predicted molar refractivity (Wildman–Crippen MR) is 134 cm³/mol. The Hall–Kier alpha value is -3.09. The average molecular weight is 458 g/mol. The van der Waals surface area contributed by atoms with Crippen molar-refractivity contribution in [2.75, 3.05) is 37.6 Å². The van der Waals surface area contributed by atoms with Crippen LogP contribution < -0.4 is 4.90 Å². The number of pyridine rings is 1. The van der Waals surface area contributed by atoms with Gasteiger partial charge in [-0.3, -0.25) is 4.90 Å². The molecule has 0 amide bonds. The SMILES string of the molecule is O=C(O)c1cccnc1N1CCN(CC/C=C2/c3ccccc3CSc3ccccc32)CC1. The van der Waals surface area contributed by atoms with E-state index in [1.807, 2.05) is 11.8 Å². The van der Waals surface area contributed by atoms with Crippen molar-refractivity contribution < 1.29 is 9.90 Å². The Kier molecular flexibility index (Phi) is 6.46. The minimum Gasteiger partial charge on any atom is -0.478 e. The third kappa shape index (κ3) is 4.68. The molecular formula is C27H27N3O2S. The number of aromatic carboxylic acids is 1. The van der Waals surface area contributed by atoms with Gasteiger partial charge in [-0.15, -0.1) is 11.8 Å². The van der Waals surface area contributed by atoms with E-state index in [1.54, 1.807) is 18.3 Å². The maximum atomic E-state index is 11.5.